The van der Waals surface area contributed by atoms with Gasteiger partial charge in [-0.05, 0) is 18.6 Å². The molecule has 1 aromatic rings. The summed E-state index contributed by atoms with van der Waals surface area (Å²) >= 11 is 6.42. The van der Waals surface area contributed by atoms with Gasteiger partial charge in [0.25, 0.3) is 0 Å². The second-order valence-electron chi connectivity index (χ2n) is 4.73. The lowest BCUT2D eigenvalue weighted by atomic mass is 10.1. The maximum atomic E-state index is 6.42. The van der Waals surface area contributed by atoms with E-state index in [1.54, 1.807) is 0 Å². The summed E-state index contributed by atoms with van der Waals surface area (Å²) in [7, 11) is 0. The first-order chi connectivity index (χ1) is 8.75. The highest BCUT2D eigenvalue weighted by molar-refractivity contribution is 6.32. The second-order valence-corrected chi connectivity index (χ2v) is 5.11. The first-order valence-corrected chi connectivity index (χ1v) is 6.64. The maximum Gasteiger partial charge on any atom is 0.231 e. The van der Waals surface area contributed by atoms with E-state index in [1.165, 1.54) is 0 Å². The fourth-order valence-corrected chi connectivity index (χ4v) is 2.68. The normalized spacial score (nSPS) is 19.2. The molecule has 0 spiro atoms. The first kappa shape index (κ1) is 12.1. The van der Waals surface area contributed by atoms with E-state index in [4.69, 9.17) is 21.1 Å². The van der Waals surface area contributed by atoms with E-state index < -0.39 is 0 Å². The van der Waals surface area contributed by atoms with Crippen LogP contribution in [0.5, 0.6) is 11.5 Å². The molecule has 98 valence electrons. The van der Waals surface area contributed by atoms with Gasteiger partial charge in [-0.15, -0.1) is 0 Å². The number of piperazine rings is 1. The zero-order valence-electron chi connectivity index (χ0n) is 10.5. The van der Waals surface area contributed by atoms with Gasteiger partial charge in [0.15, 0.2) is 11.5 Å². The number of nitrogens with zero attached hydrogens (tertiary/aromatic N) is 1. The van der Waals surface area contributed by atoms with Crippen LogP contribution in [0.15, 0.2) is 6.07 Å². The van der Waals surface area contributed by atoms with Gasteiger partial charge < -0.3 is 14.8 Å². The van der Waals surface area contributed by atoms with Gasteiger partial charge in [0, 0.05) is 38.3 Å². The van der Waals surface area contributed by atoms with Crippen molar-refractivity contribution in [3.8, 4) is 11.5 Å². The summed E-state index contributed by atoms with van der Waals surface area (Å²) in [6.07, 6.45) is 0. The van der Waals surface area contributed by atoms with E-state index in [1.807, 2.05) is 13.0 Å². The largest absolute Gasteiger partial charge is 0.454 e. The molecule has 3 rings (SSSR count). The number of fused-ring (bicyclic) bond motifs is 1. The topological polar surface area (TPSA) is 33.7 Å². The van der Waals surface area contributed by atoms with Crippen molar-refractivity contribution < 1.29 is 9.47 Å². The minimum Gasteiger partial charge on any atom is -0.454 e. The van der Waals surface area contributed by atoms with Gasteiger partial charge in [-0.3, -0.25) is 4.90 Å². The van der Waals surface area contributed by atoms with Gasteiger partial charge in [0.2, 0.25) is 6.79 Å². The van der Waals surface area contributed by atoms with Gasteiger partial charge in [-0.25, -0.2) is 0 Å². The van der Waals surface area contributed by atoms with E-state index >= 15 is 0 Å². The van der Waals surface area contributed by atoms with E-state index in [2.05, 4.69) is 10.2 Å². The minimum absolute atomic E-state index is 0.295. The van der Waals surface area contributed by atoms with Crippen molar-refractivity contribution in [2.75, 3.05) is 33.0 Å². The van der Waals surface area contributed by atoms with Crippen LogP contribution in [0.1, 0.15) is 11.1 Å². The van der Waals surface area contributed by atoms with Gasteiger partial charge >= 0.3 is 0 Å². The van der Waals surface area contributed by atoms with Gasteiger partial charge in [-0.1, -0.05) is 11.6 Å². The molecular formula is C13H17ClN2O2. The standard InChI is InChI=1S/C13H17ClN2O2/c1-9-12(14)10(6-11-13(9)18-8-17-11)7-16-4-2-15-3-5-16/h6,15H,2-5,7-8H2,1H3. The summed E-state index contributed by atoms with van der Waals surface area (Å²) in [6.45, 7) is 7.36. The molecule has 0 bridgehead atoms. The Kier molecular flexibility index (Phi) is 3.33. The Balaban J connectivity index is 1.85. The average Bonchev–Trinajstić information content (AvgIpc) is 2.85. The average molecular weight is 269 g/mol. The molecule has 1 N–H and O–H groups in total. The van der Waals surface area contributed by atoms with Gasteiger partial charge in [0.1, 0.15) is 0 Å². The molecule has 1 aromatic carbocycles. The van der Waals surface area contributed by atoms with Crippen LogP contribution >= 0.6 is 11.6 Å². The molecule has 0 atom stereocenters. The zero-order valence-corrected chi connectivity index (χ0v) is 11.2. The molecule has 1 saturated heterocycles. The van der Waals surface area contributed by atoms with Crippen molar-refractivity contribution in [3.63, 3.8) is 0 Å². The monoisotopic (exact) mass is 268 g/mol. The maximum absolute atomic E-state index is 6.42. The fourth-order valence-electron chi connectivity index (χ4n) is 2.48. The van der Waals surface area contributed by atoms with Gasteiger partial charge in [0.05, 0.1) is 5.02 Å². The fraction of sp³-hybridized carbons (Fsp3) is 0.538. The van der Waals surface area contributed by atoms with Crippen LogP contribution in [0.2, 0.25) is 5.02 Å². The Morgan fingerprint density at radius 2 is 2.11 bits per heavy atom. The third-order valence-electron chi connectivity index (χ3n) is 3.50. The Labute approximate surface area is 112 Å². The van der Waals surface area contributed by atoms with Crippen LogP contribution in [0.25, 0.3) is 0 Å². The summed E-state index contributed by atoms with van der Waals surface area (Å²) in [6, 6.07) is 2.01. The number of rotatable bonds is 2. The summed E-state index contributed by atoms with van der Waals surface area (Å²) in [4.78, 5) is 2.40. The third-order valence-corrected chi connectivity index (χ3v) is 4.03. The third kappa shape index (κ3) is 2.16. The Bertz CT molecular complexity index is 459. The Hall–Kier alpha value is -0.970. The smallest absolute Gasteiger partial charge is 0.231 e. The molecule has 0 radical (unpaired) electrons. The summed E-state index contributed by atoms with van der Waals surface area (Å²) in [5.41, 5.74) is 2.11. The molecule has 0 saturated carbocycles. The molecule has 0 aliphatic carbocycles. The zero-order chi connectivity index (χ0) is 12.5. The molecule has 2 heterocycles. The molecule has 5 heteroatoms. The van der Waals surface area contributed by atoms with Crippen molar-refractivity contribution in [1.82, 2.24) is 10.2 Å². The SMILES string of the molecule is Cc1c(Cl)c(CN2CCNCC2)cc2c1OCO2. The van der Waals surface area contributed by atoms with Crippen LogP contribution < -0.4 is 14.8 Å². The molecular weight excluding hydrogens is 252 g/mol. The Morgan fingerprint density at radius 1 is 1.33 bits per heavy atom. The van der Waals surface area contributed by atoms with Gasteiger partial charge in [-0.2, -0.15) is 0 Å². The number of halogens is 1. The van der Waals surface area contributed by atoms with E-state index in [0.29, 0.717) is 6.79 Å². The van der Waals surface area contributed by atoms with E-state index in [9.17, 15) is 0 Å². The van der Waals surface area contributed by atoms with Crippen LogP contribution in [0, 0.1) is 6.92 Å². The number of hydrogen-bond donors (Lipinski definition) is 1. The van der Waals surface area contributed by atoms with Crippen LogP contribution in [0.3, 0.4) is 0 Å². The number of benzene rings is 1. The molecule has 0 aromatic heterocycles. The highest BCUT2D eigenvalue weighted by Crippen LogP contribution is 2.41. The Morgan fingerprint density at radius 3 is 2.89 bits per heavy atom. The van der Waals surface area contributed by atoms with Crippen molar-refractivity contribution in [2.45, 2.75) is 13.5 Å². The summed E-state index contributed by atoms with van der Waals surface area (Å²) < 4.78 is 10.9. The van der Waals surface area contributed by atoms with Crippen LogP contribution in [0.4, 0.5) is 0 Å². The lowest BCUT2D eigenvalue weighted by molar-refractivity contribution is 0.173. The van der Waals surface area contributed by atoms with Crippen molar-refractivity contribution >= 4 is 11.6 Å². The van der Waals surface area contributed by atoms with E-state index in [0.717, 1.165) is 60.4 Å². The van der Waals surface area contributed by atoms with E-state index in [-0.39, 0.29) is 0 Å². The van der Waals surface area contributed by atoms with Crippen LogP contribution in [-0.4, -0.2) is 37.9 Å². The number of nitrogens with one attached hydrogen (secondary N) is 1. The quantitative estimate of drug-likeness (QED) is 0.887. The number of hydrogen-bond acceptors (Lipinski definition) is 4. The summed E-state index contributed by atoms with van der Waals surface area (Å²) in [5, 5.41) is 4.15. The molecule has 0 unspecified atom stereocenters. The lowest BCUT2D eigenvalue weighted by Crippen LogP contribution is -2.42. The molecule has 2 aliphatic heterocycles. The lowest BCUT2D eigenvalue weighted by Gasteiger charge is -2.27. The predicted molar refractivity (Wildman–Crippen MR) is 70.5 cm³/mol. The first-order valence-electron chi connectivity index (χ1n) is 6.26. The van der Waals surface area contributed by atoms with Crippen molar-refractivity contribution in [1.29, 1.82) is 0 Å². The van der Waals surface area contributed by atoms with Crippen molar-refractivity contribution in [3.05, 3.63) is 22.2 Å². The highest BCUT2D eigenvalue weighted by atomic mass is 35.5. The number of ether oxygens (including phenoxy) is 2. The minimum atomic E-state index is 0.295. The molecule has 0 amide bonds. The second kappa shape index (κ2) is 4.96. The predicted octanol–water partition coefficient (Wildman–Crippen LogP) is 1.78. The molecule has 4 nitrogen and oxygen atoms in total. The summed E-state index contributed by atoms with van der Waals surface area (Å²) in [5.74, 6) is 1.62. The molecule has 18 heavy (non-hydrogen) atoms. The van der Waals surface area contributed by atoms with Crippen LogP contribution in [-0.2, 0) is 6.54 Å². The molecule has 1 fully saturated rings. The van der Waals surface area contributed by atoms with Crippen molar-refractivity contribution in [2.24, 2.45) is 0 Å². The molecule has 2 aliphatic rings. The highest BCUT2D eigenvalue weighted by Gasteiger charge is 2.22.